The van der Waals surface area contributed by atoms with Gasteiger partial charge in [-0.2, -0.15) is 13.7 Å². The predicted molar refractivity (Wildman–Crippen MR) is 102 cm³/mol. The molecule has 0 bridgehead atoms. The highest BCUT2D eigenvalue weighted by molar-refractivity contribution is 7.90. The van der Waals surface area contributed by atoms with Gasteiger partial charge in [0, 0.05) is 13.0 Å². The lowest BCUT2D eigenvalue weighted by atomic mass is 10.0. The van der Waals surface area contributed by atoms with Crippen LogP contribution >= 0.6 is 0 Å². The molecule has 0 aliphatic carbocycles. The van der Waals surface area contributed by atoms with Gasteiger partial charge in [0.2, 0.25) is 5.91 Å². The average molecular weight is 394 g/mol. The number of nitrogens with one attached hydrogen (secondary N) is 1. The van der Waals surface area contributed by atoms with E-state index in [1.165, 1.54) is 6.07 Å². The Balaban J connectivity index is 2.13. The molecule has 0 saturated carbocycles. The van der Waals surface area contributed by atoms with E-state index in [1.54, 1.807) is 12.1 Å². The third-order valence-electron chi connectivity index (χ3n) is 4.35. The van der Waals surface area contributed by atoms with Gasteiger partial charge in [-0.25, -0.2) is 5.14 Å². The number of anilines is 1. The maximum absolute atomic E-state index is 12.5. The van der Waals surface area contributed by atoms with Crippen LogP contribution in [-0.4, -0.2) is 38.4 Å². The number of hydrogen-bond acceptors (Lipinski definition) is 5. The third-order valence-corrected chi connectivity index (χ3v) is 4.86. The van der Waals surface area contributed by atoms with Crippen molar-refractivity contribution >= 4 is 21.8 Å². The van der Waals surface area contributed by atoms with Gasteiger partial charge in [0.15, 0.2) is 0 Å². The highest BCUT2D eigenvalue weighted by Crippen LogP contribution is 2.27. The Labute approximate surface area is 160 Å². The topological polar surface area (TPSA) is 126 Å². The minimum Gasteiger partial charge on any atom is -0.490 e. The van der Waals surface area contributed by atoms with E-state index in [0.717, 1.165) is 19.3 Å². The van der Waals surface area contributed by atoms with Gasteiger partial charge in [-0.15, -0.1) is 0 Å². The van der Waals surface area contributed by atoms with Crippen molar-refractivity contribution < 1.29 is 17.9 Å². The van der Waals surface area contributed by atoms with Crippen molar-refractivity contribution in [1.82, 2.24) is 4.90 Å². The first-order valence-corrected chi connectivity index (χ1v) is 10.5. The number of likely N-dealkylation sites (tertiary alicyclic amines) is 1. The molecule has 0 spiro atoms. The van der Waals surface area contributed by atoms with Gasteiger partial charge in [0.1, 0.15) is 24.0 Å². The SMILES string of the molecule is CC(C)CC(=O)N1CCCC[C@H]1COc1cccc(NS(N)(=O)=O)c1C#N. The zero-order valence-electron chi connectivity index (χ0n) is 15.6. The number of rotatable bonds is 7. The summed E-state index contributed by atoms with van der Waals surface area (Å²) < 4.78 is 30.5. The van der Waals surface area contributed by atoms with Gasteiger partial charge >= 0.3 is 0 Å². The molecule has 1 amide bonds. The molecule has 1 fully saturated rings. The molecule has 1 aliphatic heterocycles. The number of amides is 1. The molecule has 0 aromatic heterocycles. The Morgan fingerprint density at radius 1 is 1.44 bits per heavy atom. The first kappa shape index (κ1) is 21.0. The van der Waals surface area contributed by atoms with E-state index in [1.807, 2.05) is 24.8 Å². The van der Waals surface area contributed by atoms with Gasteiger partial charge in [-0.1, -0.05) is 19.9 Å². The zero-order chi connectivity index (χ0) is 20.0. The second kappa shape index (κ2) is 9.06. The molecule has 27 heavy (non-hydrogen) atoms. The fourth-order valence-corrected chi connectivity index (χ4v) is 3.64. The second-order valence-corrected chi connectivity index (χ2v) is 8.38. The standard InChI is InChI=1S/C18H26N4O4S/c1-13(2)10-18(23)22-9-4-3-6-14(22)12-26-17-8-5-7-16(15(17)11-19)21-27(20,24)25/h5,7-8,13-14,21H,3-4,6,9-10,12H2,1-2H3,(H2,20,24,25)/t14-/m0/s1. The van der Waals surface area contributed by atoms with E-state index in [2.05, 4.69) is 4.72 Å². The summed E-state index contributed by atoms with van der Waals surface area (Å²) in [6.45, 7) is 4.97. The molecule has 3 N–H and O–H groups in total. The van der Waals surface area contributed by atoms with Crippen LogP contribution in [-0.2, 0) is 15.0 Å². The lowest BCUT2D eigenvalue weighted by Gasteiger charge is -2.36. The number of carbonyl (C=O) groups is 1. The van der Waals surface area contributed by atoms with Crippen LogP contribution in [0.25, 0.3) is 0 Å². The number of hydrogen-bond donors (Lipinski definition) is 2. The van der Waals surface area contributed by atoms with Crippen molar-refractivity contribution in [3.8, 4) is 11.8 Å². The van der Waals surface area contributed by atoms with Crippen LogP contribution in [0.3, 0.4) is 0 Å². The Morgan fingerprint density at radius 3 is 2.81 bits per heavy atom. The van der Waals surface area contributed by atoms with Crippen molar-refractivity contribution in [2.45, 2.75) is 45.6 Å². The van der Waals surface area contributed by atoms with Crippen molar-refractivity contribution in [2.24, 2.45) is 11.1 Å². The van der Waals surface area contributed by atoms with Gasteiger partial charge in [0.05, 0.1) is 11.7 Å². The minimum absolute atomic E-state index is 0.0578. The summed E-state index contributed by atoms with van der Waals surface area (Å²) >= 11 is 0. The van der Waals surface area contributed by atoms with Crippen molar-refractivity contribution in [1.29, 1.82) is 5.26 Å². The van der Waals surface area contributed by atoms with E-state index in [4.69, 9.17) is 9.88 Å². The lowest BCUT2D eigenvalue weighted by molar-refractivity contribution is -0.136. The van der Waals surface area contributed by atoms with E-state index >= 15 is 0 Å². The number of ether oxygens (including phenoxy) is 1. The highest BCUT2D eigenvalue weighted by Gasteiger charge is 2.27. The molecule has 0 unspecified atom stereocenters. The molecule has 1 aliphatic rings. The summed E-state index contributed by atoms with van der Waals surface area (Å²) in [4.78, 5) is 14.4. The van der Waals surface area contributed by atoms with Crippen LogP contribution in [0.2, 0.25) is 0 Å². The highest BCUT2D eigenvalue weighted by atomic mass is 32.2. The Morgan fingerprint density at radius 2 is 2.19 bits per heavy atom. The molecule has 0 radical (unpaired) electrons. The zero-order valence-corrected chi connectivity index (χ0v) is 16.5. The van der Waals surface area contributed by atoms with Crippen molar-refractivity contribution in [2.75, 3.05) is 17.9 Å². The van der Waals surface area contributed by atoms with E-state index < -0.39 is 10.2 Å². The summed E-state index contributed by atoms with van der Waals surface area (Å²) in [6, 6.07) is 6.49. The molecule has 1 aromatic carbocycles. The van der Waals surface area contributed by atoms with Crippen LogP contribution in [0.1, 0.15) is 45.1 Å². The number of nitriles is 1. The monoisotopic (exact) mass is 394 g/mol. The normalized spacial score (nSPS) is 17.4. The van der Waals surface area contributed by atoms with E-state index in [0.29, 0.717) is 13.0 Å². The molecule has 9 heteroatoms. The fourth-order valence-electron chi connectivity index (χ4n) is 3.16. The first-order chi connectivity index (χ1) is 12.7. The number of nitrogens with zero attached hydrogens (tertiary/aromatic N) is 2. The van der Waals surface area contributed by atoms with Gasteiger partial charge in [0.25, 0.3) is 10.2 Å². The van der Waals surface area contributed by atoms with Gasteiger partial charge < -0.3 is 9.64 Å². The molecular formula is C18H26N4O4S. The number of benzene rings is 1. The average Bonchev–Trinajstić information content (AvgIpc) is 2.58. The summed E-state index contributed by atoms with van der Waals surface area (Å²) in [5.74, 6) is 0.656. The molecular weight excluding hydrogens is 368 g/mol. The van der Waals surface area contributed by atoms with Gasteiger partial charge in [-0.05, 0) is 37.3 Å². The Kier molecular flexibility index (Phi) is 7.05. The predicted octanol–water partition coefficient (Wildman–Crippen LogP) is 1.98. The van der Waals surface area contributed by atoms with Crippen molar-refractivity contribution in [3.05, 3.63) is 23.8 Å². The molecule has 1 saturated heterocycles. The molecule has 8 nitrogen and oxygen atoms in total. The van der Waals surface area contributed by atoms with E-state index in [-0.39, 0.29) is 41.5 Å². The van der Waals surface area contributed by atoms with Crippen LogP contribution in [0.5, 0.6) is 5.75 Å². The second-order valence-electron chi connectivity index (χ2n) is 7.08. The van der Waals surface area contributed by atoms with Crippen LogP contribution in [0.15, 0.2) is 18.2 Å². The quantitative estimate of drug-likeness (QED) is 0.731. The minimum atomic E-state index is -4.00. The van der Waals surface area contributed by atoms with Crippen LogP contribution in [0.4, 0.5) is 5.69 Å². The maximum Gasteiger partial charge on any atom is 0.296 e. The molecule has 2 rings (SSSR count). The molecule has 1 atom stereocenters. The summed E-state index contributed by atoms with van der Waals surface area (Å²) in [5, 5.41) is 14.4. The van der Waals surface area contributed by atoms with Crippen molar-refractivity contribution in [3.63, 3.8) is 0 Å². The Bertz CT molecular complexity index is 817. The van der Waals surface area contributed by atoms with E-state index in [9.17, 15) is 18.5 Å². The maximum atomic E-state index is 12.5. The fraction of sp³-hybridized carbons (Fsp3) is 0.556. The van der Waals surface area contributed by atoms with Gasteiger partial charge in [-0.3, -0.25) is 9.52 Å². The summed E-state index contributed by atoms with van der Waals surface area (Å²) in [6.07, 6.45) is 3.31. The van der Waals surface area contributed by atoms with Crippen LogP contribution < -0.4 is 14.6 Å². The summed E-state index contributed by atoms with van der Waals surface area (Å²) in [5.41, 5.74) is 0.122. The third kappa shape index (κ3) is 6.12. The molecule has 148 valence electrons. The number of nitrogens with two attached hydrogens (primary N) is 1. The smallest absolute Gasteiger partial charge is 0.296 e. The summed E-state index contributed by atoms with van der Waals surface area (Å²) in [7, 11) is -4.00. The number of piperidine rings is 1. The first-order valence-electron chi connectivity index (χ1n) is 8.97. The molecule has 1 aromatic rings. The van der Waals surface area contributed by atoms with Crippen LogP contribution in [0, 0.1) is 17.2 Å². The number of carbonyl (C=O) groups excluding carboxylic acids is 1. The lowest BCUT2D eigenvalue weighted by Crippen LogP contribution is -2.47. The molecule has 1 heterocycles. The largest absolute Gasteiger partial charge is 0.490 e. The Hall–Kier alpha value is -2.31.